The van der Waals surface area contributed by atoms with Gasteiger partial charge in [0, 0.05) is 0 Å². The van der Waals surface area contributed by atoms with Crippen LogP contribution in [0.25, 0.3) is 0 Å². The summed E-state index contributed by atoms with van der Waals surface area (Å²) in [4.78, 5) is 0. The van der Waals surface area contributed by atoms with Crippen LogP contribution >= 0.6 is 0 Å². The minimum absolute atomic E-state index is 0. The van der Waals surface area contributed by atoms with E-state index in [9.17, 15) is 0 Å². The van der Waals surface area contributed by atoms with Crippen molar-refractivity contribution in [3.63, 3.8) is 0 Å². The van der Waals surface area contributed by atoms with Crippen LogP contribution in [0.3, 0.4) is 0 Å². The molecule has 0 unspecified atom stereocenters. The molecule has 2 aliphatic carbocycles. The van der Waals surface area contributed by atoms with E-state index in [1.54, 1.807) is 0.663 Å². The molecule has 0 atom stereocenters. The summed E-state index contributed by atoms with van der Waals surface area (Å²) >= 11 is 0.693. The molecule has 2 heteroatoms. The molecule has 2 rings (SSSR count). The largest absolute Gasteiger partial charge is 1.00 e. The smallest absolute Gasteiger partial charge is 1.00 e. The van der Waals surface area contributed by atoms with Crippen molar-refractivity contribution in [3.8, 4) is 0 Å². The van der Waals surface area contributed by atoms with E-state index in [0.29, 0.717) is 42.4 Å². The topological polar surface area (TPSA) is 0 Å². The van der Waals surface area contributed by atoms with Gasteiger partial charge >= 0.3 is 92.3 Å². The molecule has 0 saturated carbocycles. The van der Waals surface area contributed by atoms with Gasteiger partial charge in [0.2, 0.25) is 0 Å². The zero-order valence-electron chi connectivity index (χ0n) is 6.52. The SMILES string of the molecule is C1=CC[C]([Yb+][C]2=CC=CC2)=C1.[Cl-]. The fourth-order valence-corrected chi connectivity index (χ4v) is 3.08. The van der Waals surface area contributed by atoms with Crippen molar-refractivity contribution >= 4 is 0 Å². The maximum atomic E-state index is 2.26. The molecule has 0 heterocycles. The standard InChI is InChI=1S/2C5H5.ClH.Yb/c2*1-2-4-5-3-1;;/h2*1-3H,4H2;1H;/q;;;+1/p-1. The summed E-state index contributed by atoms with van der Waals surface area (Å²) in [7, 11) is 0. The Bertz CT molecular complexity index is 244. The number of allylic oxidation sites excluding steroid dienone is 8. The minimum atomic E-state index is 0. The summed E-state index contributed by atoms with van der Waals surface area (Å²) < 4.78 is 3.22. The Morgan fingerprint density at radius 3 is 1.75 bits per heavy atom. The predicted octanol–water partition coefficient (Wildman–Crippen LogP) is -0.237. The van der Waals surface area contributed by atoms with E-state index in [1.807, 2.05) is 0 Å². The third-order valence-corrected chi connectivity index (χ3v) is 3.91. The van der Waals surface area contributed by atoms with Gasteiger partial charge in [-0.15, -0.1) is 0 Å². The first-order chi connectivity index (χ1) is 5.45. The monoisotopic (exact) mass is 339 g/mol. The van der Waals surface area contributed by atoms with Gasteiger partial charge in [0.25, 0.3) is 0 Å². The van der Waals surface area contributed by atoms with E-state index in [1.165, 1.54) is 12.8 Å². The molecule has 0 fully saturated rings. The molecule has 12 heavy (non-hydrogen) atoms. The molecule has 0 radical (unpaired) electrons. The summed E-state index contributed by atoms with van der Waals surface area (Å²) in [5.41, 5.74) is 0. The molecule has 0 aromatic rings. The van der Waals surface area contributed by atoms with Gasteiger partial charge in [0.15, 0.2) is 0 Å². The second-order valence-corrected chi connectivity index (χ2v) is 5.05. The predicted molar refractivity (Wildman–Crippen MR) is 43.7 cm³/mol. The second-order valence-electron chi connectivity index (χ2n) is 2.42. The molecule has 0 bridgehead atoms. The fourth-order valence-electron chi connectivity index (χ4n) is 1.00. The second kappa shape index (κ2) is 5.49. The number of hydrogen-bond acceptors (Lipinski definition) is 0. The summed E-state index contributed by atoms with van der Waals surface area (Å²) in [6.07, 6.45) is 15.7. The van der Waals surface area contributed by atoms with Crippen LogP contribution < -0.4 is 12.4 Å². The van der Waals surface area contributed by atoms with E-state index in [-0.39, 0.29) is 12.4 Å². The van der Waals surface area contributed by atoms with Crippen LogP contribution in [0, 0.1) is 42.4 Å². The van der Waals surface area contributed by atoms with Gasteiger partial charge < -0.3 is 12.4 Å². The van der Waals surface area contributed by atoms with E-state index in [2.05, 4.69) is 36.5 Å². The molecule has 0 amide bonds. The van der Waals surface area contributed by atoms with Gasteiger partial charge in [-0.2, -0.15) is 0 Å². The normalized spacial score (nSPS) is 19.3. The third-order valence-electron chi connectivity index (χ3n) is 1.54. The van der Waals surface area contributed by atoms with E-state index in [4.69, 9.17) is 0 Å². The zero-order valence-corrected chi connectivity index (χ0v) is 8.99. The molecule has 71 valence electrons. The molecule has 0 spiro atoms. The molecule has 0 N–H and O–H groups in total. The van der Waals surface area contributed by atoms with Crippen molar-refractivity contribution in [2.45, 2.75) is 12.8 Å². The molecular weight excluding hydrogens is 329 g/mol. The zero-order chi connectivity index (χ0) is 7.52. The molecule has 0 aromatic carbocycles. The Morgan fingerprint density at radius 1 is 0.917 bits per heavy atom. The van der Waals surface area contributed by atoms with Crippen LogP contribution in [0.15, 0.2) is 37.1 Å². The summed E-state index contributed by atoms with van der Waals surface area (Å²) in [5.74, 6) is 0. The van der Waals surface area contributed by atoms with Crippen molar-refractivity contribution < 1.29 is 54.8 Å². The maximum Gasteiger partial charge on any atom is -1.00 e. The maximum absolute atomic E-state index is 2.26. The van der Waals surface area contributed by atoms with Crippen molar-refractivity contribution in [3.05, 3.63) is 37.1 Å². The number of halogens is 1. The average molecular weight is 339 g/mol. The van der Waals surface area contributed by atoms with Gasteiger partial charge in [-0.05, 0) is 0 Å². The molecule has 0 nitrogen and oxygen atoms in total. The Morgan fingerprint density at radius 2 is 1.42 bits per heavy atom. The molecular formula is C10H10ClYb. The quantitative estimate of drug-likeness (QED) is 0.652. The Labute approximate surface area is 103 Å². The molecule has 0 aromatic heterocycles. The Hall–Kier alpha value is 0.769. The summed E-state index contributed by atoms with van der Waals surface area (Å²) in [6, 6.07) is 0. The third kappa shape index (κ3) is 2.92. The first-order valence-electron chi connectivity index (χ1n) is 3.70. The first kappa shape index (κ1) is 10.8. The Balaban J connectivity index is 0.000000720. The average Bonchev–Trinajstić information content (AvgIpc) is 2.60. The summed E-state index contributed by atoms with van der Waals surface area (Å²) in [6.45, 7) is 0. The van der Waals surface area contributed by atoms with Gasteiger partial charge in [0.05, 0.1) is 0 Å². The molecule has 0 saturated heterocycles. The van der Waals surface area contributed by atoms with Crippen LogP contribution in [0.1, 0.15) is 12.8 Å². The first-order valence-corrected chi connectivity index (χ1v) is 5.42. The van der Waals surface area contributed by atoms with Crippen LogP contribution in [0.4, 0.5) is 0 Å². The number of rotatable bonds is 2. The number of hydrogen-bond donors (Lipinski definition) is 0. The van der Waals surface area contributed by atoms with Crippen LogP contribution in [-0.2, 0) is 0 Å². The van der Waals surface area contributed by atoms with Crippen molar-refractivity contribution in [2.75, 3.05) is 0 Å². The summed E-state index contributed by atoms with van der Waals surface area (Å²) in [5, 5.41) is 0. The Kier molecular flexibility index (Phi) is 4.96. The van der Waals surface area contributed by atoms with Crippen LogP contribution in [-0.4, -0.2) is 0 Å². The van der Waals surface area contributed by atoms with Crippen LogP contribution in [0.2, 0.25) is 0 Å². The van der Waals surface area contributed by atoms with Gasteiger partial charge in [-0.25, -0.2) is 0 Å². The fraction of sp³-hybridized carbons (Fsp3) is 0.200. The van der Waals surface area contributed by atoms with Gasteiger partial charge in [-0.1, -0.05) is 0 Å². The van der Waals surface area contributed by atoms with Gasteiger partial charge in [0.1, 0.15) is 0 Å². The van der Waals surface area contributed by atoms with Crippen molar-refractivity contribution in [2.24, 2.45) is 0 Å². The van der Waals surface area contributed by atoms with Crippen molar-refractivity contribution in [1.29, 1.82) is 0 Å². The molecule has 2 aliphatic rings. The van der Waals surface area contributed by atoms with Gasteiger partial charge in [-0.3, -0.25) is 0 Å². The van der Waals surface area contributed by atoms with E-state index in [0.717, 1.165) is 0 Å². The van der Waals surface area contributed by atoms with Crippen LogP contribution in [0.5, 0.6) is 0 Å². The van der Waals surface area contributed by atoms with E-state index >= 15 is 0 Å². The van der Waals surface area contributed by atoms with E-state index < -0.39 is 0 Å². The van der Waals surface area contributed by atoms with Crippen molar-refractivity contribution in [1.82, 2.24) is 0 Å². The minimum Gasteiger partial charge on any atom is -1.00 e. The molecule has 0 aliphatic heterocycles.